The minimum absolute atomic E-state index is 0.330. The molecule has 0 saturated carbocycles. The fourth-order valence-corrected chi connectivity index (χ4v) is 2.93. The fourth-order valence-electron chi connectivity index (χ4n) is 2.11. The molecule has 0 amide bonds. The van der Waals surface area contributed by atoms with E-state index >= 15 is 0 Å². The van der Waals surface area contributed by atoms with Gasteiger partial charge in [-0.3, -0.25) is 4.90 Å². The molecule has 28 heavy (non-hydrogen) atoms. The van der Waals surface area contributed by atoms with Crippen LogP contribution in [0.5, 0.6) is 0 Å². The lowest BCUT2D eigenvalue weighted by molar-refractivity contribution is -0.192. The van der Waals surface area contributed by atoms with Crippen molar-refractivity contribution in [2.24, 2.45) is 0 Å². The molecular weight excluding hydrogens is 397 g/mol. The van der Waals surface area contributed by atoms with Crippen molar-refractivity contribution in [2.45, 2.75) is 39.0 Å². The van der Waals surface area contributed by atoms with E-state index in [9.17, 15) is 18.0 Å². The van der Waals surface area contributed by atoms with Crippen molar-refractivity contribution in [3.63, 3.8) is 0 Å². The van der Waals surface area contributed by atoms with Crippen molar-refractivity contribution in [1.29, 1.82) is 0 Å². The predicted molar refractivity (Wildman–Crippen MR) is 98.5 cm³/mol. The summed E-state index contributed by atoms with van der Waals surface area (Å²) in [4.78, 5) is 26.6. The summed E-state index contributed by atoms with van der Waals surface area (Å²) < 4.78 is 31.7. The van der Waals surface area contributed by atoms with Crippen LogP contribution in [0.3, 0.4) is 0 Å². The Balaban J connectivity index is 0.000000480. The van der Waals surface area contributed by atoms with Crippen molar-refractivity contribution in [2.75, 3.05) is 7.05 Å². The van der Waals surface area contributed by atoms with E-state index < -0.39 is 18.1 Å². The Morgan fingerprint density at radius 1 is 1.21 bits per heavy atom. The molecule has 0 fully saturated rings. The summed E-state index contributed by atoms with van der Waals surface area (Å²) in [5.74, 6) is -3.19. The molecule has 6 nitrogen and oxygen atoms in total. The molecule has 0 bridgehead atoms. The lowest BCUT2D eigenvalue weighted by Gasteiger charge is -2.15. The van der Waals surface area contributed by atoms with E-state index in [-0.39, 0.29) is 0 Å². The first-order chi connectivity index (χ1) is 12.9. The van der Waals surface area contributed by atoms with Crippen LogP contribution in [0, 0.1) is 0 Å². The Morgan fingerprint density at radius 3 is 2.29 bits per heavy atom. The second-order valence-corrected chi connectivity index (χ2v) is 7.20. The smallest absolute Gasteiger partial charge is 0.478 e. The maximum Gasteiger partial charge on any atom is 0.490 e. The normalized spacial score (nSPS) is 11.3. The first kappa shape index (κ1) is 23.6. The van der Waals surface area contributed by atoms with E-state index in [2.05, 4.69) is 29.1 Å². The number of rotatable bonds is 6. The fraction of sp³-hybridized carbons (Fsp3) is 0.389. The summed E-state index contributed by atoms with van der Waals surface area (Å²) in [6.45, 7) is 5.75. The van der Waals surface area contributed by atoms with Gasteiger partial charge in [-0.25, -0.2) is 14.6 Å². The number of carboxylic acids is 2. The zero-order valence-electron chi connectivity index (χ0n) is 15.5. The third-order valence-electron chi connectivity index (χ3n) is 3.36. The molecule has 0 atom stereocenters. The monoisotopic (exact) mass is 418 g/mol. The van der Waals surface area contributed by atoms with Crippen LogP contribution in [0.15, 0.2) is 29.6 Å². The Labute approximate surface area is 164 Å². The number of hydrogen-bond donors (Lipinski definition) is 2. The summed E-state index contributed by atoms with van der Waals surface area (Å²) in [6, 6.07) is 7.07. The molecule has 0 unspecified atom stereocenters. The number of aliphatic carboxylic acids is 1. The van der Waals surface area contributed by atoms with Gasteiger partial charge in [-0.15, -0.1) is 11.3 Å². The highest BCUT2D eigenvalue weighted by atomic mass is 32.1. The van der Waals surface area contributed by atoms with Gasteiger partial charge in [-0.2, -0.15) is 13.2 Å². The van der Waals surface area contributed by atoms with Crippen molar-refractivity contribution in [3.8, 4) is 0 Å². The topological polar surface area (TPSA) is 90.7 Å². The molecule has 0 radical (unpaired) electrons. The van der Waals surface area contributed by atoms with Crippen LogP contribution in [0.4, 0.5) is 13.2 Å². The molecule has 1 aromatic heterocycles. The highest BCUT2D eigenvalue weighted by Crippen LogP contribution is 2.20. The van der Waals surface area contributed by atoms with Gasteiger partial charge in [0, 0.05) is 24.4 Å². The number of aromatic nitrogens is 1. The Bertz CT molecular complexity index is 806. The van der Waals surface area contributed by atoms with Gasteiger partial charge in [0.05, 0.1) is 16.3 Å². The first-order valence-electron chi connectivity index (χ1n) is 8.15. The van der Waals surface area contributed by atoms with Gasteiger partial charge in [0.2, 0.25) is 0 Å². The zero-order valence-corrected chi connectivity index (χ0v) is 16.3. The van der Waals surface area contributed by atoms with Crippen LogP contribution in [-0.4, -0.2) is 45.3 Å². The predicted octanol–water partition coefficient (Wildman–Crippen LogP) is 4.23. The molecule has 0 aliphatic carbocycles. The molecule has 0 saturated heterocycles. The summed E-state index contributed by atoms with van der Waals surface area (Å²) in [5.41, 5.74) is 2.40. The standard InChI is InChI=1S/C16H20N2O2S.C2HF3O2/c1-11(2)15-17-14(10-21-15)9-18(3)8-12-5-4-6-13(7-12)16(19)20;3-2(4,5)1(6)7/h4-7,10-11H,8-9H2,1-3H3,(H,19,20);(H,6,7). The van der Waals surface area contributed by atoms with E-state index in [4.69, 9.17) is 15.0 Å². The average Bonchev–Trinajstić information content (AvgIpc) is 3.03. The third kappa shape index (κ3) is 8.05. The third-order valence-corrected chi connectivity index (χ3v) is 4.56. The molecule has 0 spiro atoms. The van der Waals surface area contributed by atoms with Crippen molar-refractivity contribution >= 4 is 23.3 Å². The lowest BCUT2D eigenvalue weighted by atomic mass is 10.1. The van der Waals surface area contributed by atoms with E-state index in [1.807, 2.05) is 13.1 Å². The van der Waals surface area contributed by atoms with Gasteiger partial charge in [0.1, 0.15) is 0 Å². The molecule has 2 N–H and O–H groups in total. The summed E-state index contributed by atoms with van der Waals surface area (Å²) >= 11 is 1.70. The second kappa shape index (κ2) is 10.2. The zero-order chi connectivity index (χ0) is 21.5. The van der Waals surface area contributed by atoms with Gasteiger partial charge < -0.3 is 10.2 Å². The second-order valence-electron chi connectivity index (χ2n) is 6.31. The van der Waals surface area contributed by atoms with Crippen LogP contribution < -0.4 is 0 Å². The summed E-state index contributed by atoms with van der Waals surface area (Å²) in [7, 11) is 2.02. The van der Waals surface area contributed by atoms with E-state index in [1.165, 1.54) is 0 Å². The number of hydrogen-bond acceptors (Lipinski definition) is 5. The maximum absolute atomic E-state index is 11.0. The van der Waals surface area contributed by atoms with Crippen LogP contribution in [-0.2, 0) is 17.9 Å². The minimum atomic E-state index is -5.08. The quantitative estimate of drug-likeness (QED) is 0.730. The van der Waals surface area contributed by atoms with Crippen LogP contribution in [0.25, 0.3) is 0 Å². The van der Waals surface area contributed by atoms with E-state index in [0.29, 0.717) is 18.0 Å². The molecule has 0 aliphatic rings. The maximum atomic E-state index is 11.0. The van der Waals surface area contributed by atoms with Crippen LogP contribution in [0.1, 0.15) is 46.4 Å². The van der Waals surface area contributed by atoms with Gasteiger partial charge in [0.25, 0.3) is 0 Å². The van der Waals surface area contributed by atoms with Gasteiger partial charge in [-0.05, 0) is 24.7 Å². The van der Waals surface area contributed by atoms with Crippen LogP contribution in [0.2, 0.25) is 0 Å². The Hall–Kier alpha value is -2.46. The van der Waals surface area contributed by atoms with Gasteiger partial charge in [-0.1, -0.05) is 26.0 Å². The largest absolute Gasteiger partial charge is 0.490 e. The summed E-state index contributed by atoms with van der Waals surface area (Å²) in [6.07, 6.45) is -5.08. The van der Waals surface area contributed by atoms with E-state index in [0.717, 1.165) is 22.8 Å². The van der Waals surface area contributed by atoms with Crippen molar-refractivity contribution in [3.05, 3.63) is 51.5 Å². The van der Waals surface area contributed by atoms with Gasteiger partial charge >= 0.3 is 18.1 Å². The van der Waals surface area contributed by atoms with E-state index in [1.54, 1.807) is 29.5 Å². The number of carbonyl (C=O) groups is 2. The number of nitrogens with zero attached hydrogens (tertiary/aromatic N) is 2. The molecule has 1 aromatic carbocycles. The molecule has 154 valence electrons. The SMILES string of the molecule is CC(C)c1nc(CN(C)Cc2cccc(C(=O)O)c2)cs1.O=C(O)C(F)(F)F. The number of carboxylic acid groups (broad SMARTS) is 2. The molecule has 0 aliphatic heterocycles. The molecule has 10 heteroatoms. The number of halogens is 3. The van der Waals surface area contributed by atoms with Crippen molar-refractivity contribution < 1.29 is 33.0 Å². The average molecular weight is 418 g/mol. The first-order valence-corrected chi connectivity index (χ1v) is 9.03. The van der Waals surface area contributed by atoms with Crippen LogP contribution >= 0.6 is 11.3 Å². The number of thiazole rings is 1. The van der Waals surface area contributed by atoms with Crippen molar-refractivity contribution in [1.82, 2.24) is 9.88 Å². The molecule has 2 aromatic rings. The molecule has 2 rings (SSSR count). The highest BCUT2D eigenvalue weighted by molar-refractivity contribution is 7.09. The Morgan fingerprint density at radius 2 is 1.82 bits per heavy atom. The molecular formula is C18H21F3N2O4S. The Kier molecular flexibility index (Phi) is 8.58. The highest BCUT2D eigenvalue weighted by Gasteiger charge is 2.38. The van der Waals surface area contributed by atoms with Gasteiger partial charge in [0.15, 0.2) is 0 Å². The minimum Gasteiger partial charge on any atom is -0.478 e. The lowest BCUT2D eigenvalue weighted by Crippen LogP contribution is -2.21. The summed E-state index contributed by atoms with van der Waals surface area (Å²) in [5, 5.41) is 19.4. The molecule has 1 heterocycles. The number of aromatic carboxylic acids is 1. The number of benzene rings is 1. The number of alkyl halides is 3.